The van der Waals surface area contributed by atoms with E-state index in [-0.39, 0.29) is 16.6 Å². The Balaban J connectivity index is 2.30. The summed E-state index contributed by atoms with van der Waals surface area (Å²) in [5.74, 6) is -0.585. The fraction of sp³-hybridized carbons (Fsp3) is 0.263. The number of fused-ring (bicyclic) bond motifs is 1. The zero-order chi connectivity index (χ0) is 20.0. The van der Waals surface area contributed by atoms with Crippen LogP contribution in [-0.2, 0) is 21.1 Å². The third-order valence-corrected chi connectivity index (χ3v) is 4.54. The van der Waals surface area contributed by atoms with E-state index in [0.29, 0.717) is 5.69 Å². The molecule has 2 aromatic heterocycles. The van der Waals surface area contributed by atoms with Crippen LogP contribution >= 0.6 is 0 Å². The van der Waals surface area contributed by atoms with Crippen molar-refractivity contribution in [3.8, 4) is 0 Å². The normalized spacial score (nSPS) is 11.0. The van der Waals surface area contributed by atoms with Gasteiger partial charge in [-0.2, -0.15) is 0 Å². The van der Waals surface area contributed by atoms with E-state index >= 15 is 0 Å². The van der Waals surface area contributed by atoms with Crippen molar-refractivity contribution in [2.75, 3.05) is 5.32 Å². The van der Waals surface area contributed by atoms with Gasteiger partial charge in [0.2, 0.25) is 0 Å². The molecular formula is C19H20N4O4. The fourth-order valence-electron chi connectivity index (χ4n) is 3.28. The van der Waals surface area contributed by atoms with E-state index in [9.17, 15) is 19.2 Å². The maximum atomic E-state index is 12.9. The Labute approximate surface area is 154 Å². The highest BCUT2D eigenvalue weighted by Crippen LogP contribution is 2.17. The summed E-state index contributed by atoms with van der Waals surface area (Å²) in [7, 11) is 4.24. The molecule has 0 saturated carbocycles. The molecule has 8 nitrogen and oxygen atoms in total. The van der Waals surface area contributed by atoms with Crippen LogP contribution in [0.4, 0.5) is 5.69 Å². The van der Waals surface area contributed by atoms with Crippen molar-refractivity contribution in [1.29, 1.82) is 0 Å². The molecule has 0 fully saturated rings. The van der Waals surface area contributed by atoms with E-state index in [1.165, 1.54) is 30.3 Å². The summed E-state index contributed by atoms with van der Waals surface area (Å²) in [6, 6.07) is 6.67. The van der Waals surface area contributed by atoms with E-state index in [2.05, 4.69) is 5.32 Å². The fourth-order valence-corrected chi connectivity index (χ4v) is 3.28. The van der Waals surface area contributed by atoms with Gasteiger partial charge in [0, 0.05) is 32.9 Å². The average molecular weight is 368 g/mol. The molecular weight excluding hydrogens is 348 g/mol. The molecule has 0 aliphatic rings. The van der Waals surface area contributed by atoms with E-state index in [4.69, 9.17) is 0 Å². The van der Waals surface area contributed by atoms with Crippen LogP contribution < -0.4 is 22.1 Å². The molecule has 1 amide bonds. The predicted molar refractivity (Wildman–Crippen MR) is 104 cm³/mol. The minimum absolute atomic E-state index is 0.0172. The molecule has 0 atom stereocenters. The highest BCUT2D eigenvalue weighted by Gasteiger charge is 2.20. The quantitative estimate of drug-likeness (QED) is 0.724. The van der Waals surface area contributed by atoms with Gasteiger partial charge in [-0.25, -0.2) is 4.79 Å². The number of nitrogens with one attached hydrogen (secondary N) is 1. The van der Waals surface area contributed by atoms with E-state index in [0.717, 1.165) is 21.8 Å². The van der Waals surface area contributed by atoms with Crippen LogP contribution in [0.3, 0.4) is 0 Å². The predicted octanol–water partition coefficient (Wildman–Crippen LogP) is 0.805. The van der Waals surface area contributed by atoms with Crippen molar-refractivity contribution in [2.24, 2.45) is 21.1 Å². The van der Waals surface area contributed by atoms with Crippen molar-refractivity contribution in [3.63, 3.8) is 0 Å². The summed E-state index contributed by atoms with van der Waals surface area (Å²) in [6.45, 7) is 3.81. The van der Waals surface area contributed by atoms with Gasteiger partial charge in [-0.1, -0.05) is 6.07 Å². The number of amides is 1. The first kappa shape index (κ1) is 18.4. The minimum Gasteiger partial charge on any atom is -0.322 e. The number of nitrogens with zero attached hydrogens (tertiary/aromatic N) is 3. The molecule has 2 heterocycles. The van der Waals surface area contributed by atoms with Gasteiger partial charge in [0.1, 0.15) is 5.65 Å². The van der Waals surface area contributed by atoms with Crippen LogP contribution in [0, 0.1) is 13.8 Å². The molecule has 3 aromatic rings. The molecule has 0 unspecified atom stereocenters. The lowest BCUT2D eigenvalue weighted by Gasteiger charge is -2.14. The molecule has 0 aliphatic heterocycles. The summed E-state index contributed by atoms with van der Waals surface area (Å²) < 4.78 is 3.29. The first-order chi connectivity index (χ1) is 12.6. The number of aryl methyl sites for hydroxylation is 4. The number of hydrogen-bond acceptors (Lipinski definition) is 4. The molecule has 8 heteroatoms. The van der Waals surface area contributed by atoms with Gasteiger partial charge in [0.05, 0.1) is 10.9 Å². The van der Waals surface area contributed by atoms with Gasteiger partial charge in [-0.15, -0.1) is 0 Å². The summed E-state index contributed by atoms with van der Waals surface area (Å²) in [5, 5.41) is 2.75. The zero-order valence-corrected chi connectivity index (χ0v) is 15.8. The molecule has 0 spiro atoms. The summed E-state index contributed by atoms with van der Waals surface area (Å²) >= 11 is 0. The van der Waals surface area contributed by atoms with Crippen molar-refractivity contribution >= 4 is 22.6 Å². The molecule has 0 bridgehead atoms. The molecule has 1 N–H and O–H groups in total. The van der Waals surface area contributed by atoms with Crippen LogP contribution in [0.15, 0.2) is 38.6 Å². The topological polar surface area (TPSA) is 95.1 Å². The Morgan fingerprint density at radius 1 is 0.852 bits per heavy atom. The summed E-state index contributed by atoms with van der Waals surface area (Å²) in [5.41, 5.74) is 0.840. The second kappa shape index (κ2) is 6.39. The van der Waals surface area contributed by atoms with Crippen molar-refractivity contribution in [3.05, 3.63) is 72.1 Å². The van der Waals surface area contributed by atoms with E-state index in [1.54, 1.807) is 12.1 Å². The lowest BCUT2D eigenvalue weighted by Crippen LogP contribution is -2.40. The van der Waals surface area contributed by atoms with Gasteiger partial charge in [0.15, 0.2) is 0 Å². The van der Waals surface area contributed by atoms with Crippen molar-refractivity contribution < 1.29 is 4.79 Å². The Morgan fingerprint density at radius 2 is 1.44 bits per heavy atom. The van der Waals surface area contributed by atoms with Gasteiger partial charge in [0.25, 0.3) is 17.0 Å². The first-order valence-electron chi connectivity index (χ1n) is 8.31. The number of aromatic nitrogens is 3. The second-order valence-electron chi connectivity index (χ2n) is 6.69. The third kappa shape index (κ3) is 2.99. The lowest BCUT2D eigenvalue weighted by atomic mass is 10.1. The lowest BCUT2D eigenvalue weighted by molar-refractivity contribution is 0.102. The number of carbonyl (C=O) groups is 1. The van der Waals surface area contributed by atoms with Crippen LogP contribution in [0.2, 0.25) is 0 Å². The zero-order valence-electron chi connectivity index (χ0n) is 15.8. The maximum Gasteiger partial charge on any atom is 0.332 e. The summed E-state index contributed by atoms with van der Waals surface area (Å²) in [4.78, 5) is 50.1. The molecule has 0 aliphatic carbocycles. The van der Waals surface area contributed by atoms with E-state index in [1.807, 2.05) is 19.9 Å². The molecule has 3 rings (SSSR count). The standard InChI is InChI=1S/C19H20N4O4/c1-10-6-11(2)8-12(7-10)20-16(25)13-9-14(24)21(3)17-15(13)18(26)23(5)19(27)22(17)4/h6-9H,1-5H3,(H,20,25). The van der Waals surface area contributed by atoms with Gasteiger partial charge in [-0.05, 0) is 37.1 Å². The summed E-state index contributed by atoms with van der Waals surface area (Å²) in [6.07, 6.45) is 0. The highest BCUT2D eigenvalue weighted by atomic mass is 16.2. The Bertz CT molecular complexity index is 1260. The number of carbonyl (C=O) groups excluding carboxylic acids is 1. The van der Waals surface area contributed by atoms with Crippen LogP contribution in [-0.4, -0.2) is 19.6 Å². The van der Waals surface area contributed by atoms with Gasteiger partial charge in [-0.3, -0.25) is 28.1 Å². The molecule has 27 heavy (non-hydrogen) atoms. The number of pyridine rings is 1. The number of rotatable bonds is 2. The highest BCUT2D eigenvalue weighted by molar-refractivity contribution is 6.11. The number of hydrogen-bond donors (Lipinski definition) is 1. The minimum atomic E-state index is -0.630. The average Bonchev–Trinajstić information content (AvgIpc) is 2.58. The second-order valence-corrected chi connectivity index (χ2v) is 6.69. The van der Waals surface area contributed by atoms with Crippen LogP contribution in [0.1, 0.15) is 21.5 Å². The molecule has 1 aromatic carbocycles. The monoisotopic (exact) mass is 368 g/mol. The number of benzene rings is 1. The first-order valence-corrected chi connectivity index (χ1v) is 8.31. The van der Waals surface area contributed by atoms with Crippen LogP contribution in [0.5, 0.6) is 0 Å². The smallest absolute Gasteiger partial charge is 0.322 e. The number of anilines is 1. The molecule has 140 valence electrons. The Morgan fingerprint density at radius 3 is 2.04 bits per heavy atom. The molecule has 0 radical (unpaired) electrons. The largest absolute Gasteiger partial charge is 0.332 e. The van der Waals surface area contributed by atoms with Gasteiger partial charge < -0.3 is 5.32 Å². The Hall–Kier alpha value is -3.42. The van der Waals surface area contributed by atoms with Gasteiger partial charge >= 0.3 is 5.69 Å². The SMILES string of the molecule is Cc1cc(C)cc(NC(=O)c2cc(=O)n(C)c3c2c(=O)n(C)c(=O)n3C)c1. The van der Waals surface area contributed by atoms with Crippen molar-refractivity contribution in [2.45, 2.75) is 13.8 Å². The van der Waals surface area contributed by atoms with Crippen molar-refractivity contribution in [1.82, 2.24) is 13.7 Å². The molecule has 0 saturated heterocycles. The Kier molecular flexibility index (Phi) is 4.35. The maximum absolute atomic E-state index is 12.9. The van der Waals surface area contributed by atoms with E-state index < -0.39 is 22.7 Å². The third-order valence-electron chi connectivity index (χ3n) is 4.54. The van der Waals surface area contributed by atoms with Crippen LogP contribution in [0.25, 0.3) is 11.0 Å².